The second kappa shape index (κ2) is 7.41. The van der Waals surface area contributed by atoms with E-state index in [1.165, 1.54) is 12.1 Å². The fraction of sp³-hybridized carbons (Fsp3) is 0.562. The first kappa shape index (κ1) is 15.8. The SMILES string of the molecule is CCNC(C)c1cc(F)ccc1OCCC(=O)NC1CC1. The van der Waals surface area contributed by atoms with Crippen LogP contribution in [0.25, 0.3) is 0 Å². The Morgan fingerprint density at radius 1 is 1.48 bits per heavy atom. The molecule has 1 saturated carbocycles. The van der Waals surface area contributed by atoms with Crippen molar-refractivity contribution in [2.75, 3.05) is 13.2 Å². The van der Waals surface area contributed by atoms with Gasteiger partial charge in [-0.05, 0) is 44.5 Å². The lowest BCUT2D eigenvalue weighted by molar-refractivity contribution is -0.121. The minimum absolute atomic E-state index is 0.000917. The van der Waals surface area contributed by atoms with E-state index < -0.39 is 0 Å². The van der Waals surface area contributed by atoms with Crippen LogP contribution >= 0.6 is 0 Å². The molecule has 1 unspecified atom stereocenters. The summed E-state index contributed by atoms with van der Waals surface area (Å²) in [5.74, 6) is 0.360. The van der Waals surface area contributed by atoms with Gasteiger partial charge in [0.15, 0.2) is 0 Å². The lowest BCUT2D eigenvalue weighted by Crippen LogP contribution is -2.27. The molecule has 2 rings (SSSR count). The molecule has 1 aliphatic rings. The van der Waals surface area contributed by atoms with E-state index in [1.54, 1.807) is 6.07 Å². The number of hydrogen-bond donors (Lipinski definition) is 2. The Bertz CT molecular complexity index is 489. The normalized spacial score (nSPS) is 15.6. The van der Waals surface area contributed by atoms with Crippen LogP contribution in [0.1, 0.15) is 44.7 Å². The molecule has 0 radical (unpaired) electrons. The second-order valence-corrected chi connectivity index (χ2v) is 5.40. The fourth-order valence-corrected chi connectivity index (χ4v) is 2.19. The molecule has 5 heteroatoms. The van der Waals surface area contributed by atoms with E-state index in [-0.39, 0.29) is 17.8 Å². The van der Waals surface area contributed by atoms with Crippen molar-refractivity contribution in [1.29, 1.82) is 0 Å². The van der Waals surface area contributed by atoms with Gasteiger partial charge >= 0.3 is 0 Å². The summed E-state index contributed by atoms with van der Waals surface area (Å²) in [7, 11) is 0. The summed E-state index contributed by atoms with van der Waals surface area (Å²) in [4.78, 5) is 11.6. The molecule has 21 heavy (non-hydrogen) atoms. The van der Waals surface area contributed by atoms with Crippen molar-refractivity contribution in [2.45, 2.75) is 45.2 Å². The van der Waals surface area contributed by atoms with E-state index in [4.69, 9.17) is 4.74 Å². The molecule has 0 heterocycles. The van der Waals surface area contributed by atoms with Gasteiger partial charge in [-0.25, -0.2) is 4.39 Å². The zero-order chi connectivity index (χ0) is 15.2. The van der Waals surface area contributed by atoms with E-state index in [0.29, 0.717) is 24.8 Å². The first-order valence-electron chi connectivity index (χ1n) is 7.55. The van der Waals surface area contributed by atoms with Crippen molar-refractivity contribution in [3.05, 3.63) is 29.6 Å². The fourth-order valence-electron chi connectivity index (χ4n) is 2.19. The van der Waals surface area contributed by atoms with Gasteiger partial charge in [0.25, 0.3) is 0 Å². The molecule has 1 fully saturated rings. The molecule has 1 aliphatic carbocycles. The van der Waals surface area contributed by atoms with Crippen LogP contribution in [0, 0.1) is 5.82 Å². The third-order valence-corrected chi connectivity index (χ3v) is 3.48. The lowest BCUT2D eigenvalue weighted by Gasteiger charge is -2.17. The Morgan fingerprint density at radius 2 is 2.24 bits per heavy atom. The Morgan fingerprint density at radius 3 is 2.90 bits per heavy atom. The van der Waals surface area contributed by atoms with Gasteiger partial charge < -0.3 is 15.4 Å². The van der Waals surface area contributed by atoms with E-state index in [9.17, 15) is 9.18 Å². The Balaban J connectivity index is 1.90. The third kappa shape index (κ3) is 5.01. The summed E-state index contributed by atoms with van der Waals surface area (Å²) in [6, 6.07) is 4.85. The first-order chi connectivity index (χ1) is 10.1. The maximum absolute atomic E-state index is 13.4. The number of amides is 1. The van der Waals surface area contributed by atoms with Crippen LogP contribution in [0.3, 0.4) is 0 Å². The van der Waals surface area contributed by atoms with Crippen LogP contribution in [0.2, 0.25) is 0 Å². The molecule has 1 atom stereocenters. The predicted molar refractivity (Wildman–Crippen MR) is 79.8 cm³/mol. The third-order valence-electron chi connectivity index (χ3n) is 3.48. The monoisotopic (exact) mass is 294 g/mol. The van der Waals surface area contributed by atoms with E-state index in [1.807, 2.05) is 13.8 Å². The summed E-state index contributed by atoms with van der Waals surface area (Å²) in [5.41, 5.74) is 0.777. The van der Waals surface area contributed by atoms with Gasteiger partial charge in [0, 0.05) is 17.6 Å². The topological polar surface area (TPSA) is 50.4 Å². The highest BCUT2D eigenvalue weighted by Crippen LogP contribution is 2.26. The smallest absolute Gasteiger partial charge is 0.223 e. The van der Waals surface area contributed by atoms with Crippen molar-refractivity contribution in [3.63, 3.8) is 0 Å². The first-order valence-corrected chi connectivity index (χ1v) is 7.55. The van der Waals surface area contributed by atoms with Crippen molar-refractivity contribution in [3.8, 4) is 5.75 Å². The van der Waals surface area contributed by atoms with Crippen LogP contribution in [-0.2, 0) is 4.79 Å². The van der Waals surface area contributed by atoms with Gasteiger partial charge in [0.05, 0.1) is 13.0 Å². The molecule has 0 aromatic heterocycles. The van der Waals surface area contributed by atoms with Crippen LogP contribution < -0.4 is 15.4 Å². The van der Waals surface area contributed by atoms with Crippen LogP contribution in [0.5, 0.6) is 5.75 Å². The minimum atomic E-state index is -0.284. The number of hydrogen-bond acceptors (Lipinski definition) is 3. The number of halogens is 1. The average molecular weight is 294 g/mol. The molecule has 0 spiro atoms. The summed E-state index contributed by atoms with van der Waals surface area (Å²) in [6.07, 6.45) is 2.48. The van der Waals surface area contributed by atoms with E-state index in [0.717, 1.165) is 24.9 Å². The Kier molecular flexibility index (Phi) is 5.56. The second-order valence-electron chi connectivity index (χ2n) is 5.40. The number of carbonyl (C=O) groups excluding carboxylic acids is 1. The van der Waals surface area contributed by atoms with Crippen LogP contribution in [0.15, 0.2) is 18.2 Å². The van der Waals surface area contributed by atoms with Crippen molar-refractivity contribution in [2.24, 2.45) is 0 Å². The highest BCUT2D eigenvalue weighted by Gasteiger charge is 2.23. The highest BCUT2D eigenvalue weighted by atomic mass is 19.1. The Labute approximate surface area is 125 Å². The highest BCUT2D eigenvalue weighted by molar-refractivity contribution is 5.76. The number of ether oxygens (including phenoxy) is 1. The molecular weight excluding hydrogens is 271 g/mol. The quantitative estimate of drug-likeness (QED) is 0.774. The molecule has 0 bridgehead atoms. The van der Waals surface area contributed by atoms with Gasteiger partial charge in [0.1, 0.15) is 11.6 Å². The Hall–Kier alpha value is -1.62. The van der Waals surface area contributed by atoms with Crippen LogP contribution in [-0.4, -0.2) is 25.1 Å². The summed E-state index contributed by atoms with van der Waals surface area (Å²) >= 11 is 0. The average Bonchev–Trinajstić information content (AvgIpc) is 3.24. The van der Waals surface area contributed by atoms with Gasteiger partial charge in [-0.1, -0.05) is 6.92 Å². The molecule has 0 aliphatic heterocycles. The number of rotatable bonds is 8. The lowest BCUT2D eigenvalue weighted by atomic mass is 10.1. The zero-order valence-electron chi connectivity index (χ0n) is 12.6. The minimum Gasteiger partial charge on any atom is -0.493 e. The number of carbonyl (C=O) groups is 1. The van der Waals surface area contributed by atoms with E-state index in [2.05, 4.69) is 10.6 Å². The summed E-state index contributed by atoms with van der Waals surface area (Å²) in [5, 5.41) is 6.15. The maximum atomic E-state index is 13.4. The molecule has 4 nitrogen and oxygen atoms in total. The molecule has 1 aromatic carbocycles. The van der Waals surface area contributed by atoms with Crippen molar-refractivity contribution >= 4 is 5.91 Å². The molecule has 2 N–H and O–H groups in total. The molecule has 0 saturated heterocycles. The summed E-state index contributed by atoms with van der Waals surface area (Å²) in [6.45, 7) is 5.06. The van der Waals surface area contributed by atoms with Crippen LogP contribution in [0.4, 0.5) is 4.39 Å². The van der Waals surface area contributed by atoms with Crippen molar-refractivity contribution < 1.29 is 13.9 Å². The maximum Gasteiger partial charge on any atom is 0.223 e. The van der Waals surface area contributed by atoms with Crippen molar-refractivity contribution in [1.82, 2.24) is 10.6 Å². The van der Waals surface area contributed by atoms with Gasteiger partial charge in [0.2, 0.25) is 5.91 Å². The molecule has 1 aromatic rings. The van der Waals surface area contributed by atoms with Gasteiger partial charge in [-0.15, -0.1) is 0 Å². The largest absolute Gasteiger partial charge is 0.493 e. The number of benzene rings is 1. The molecule has 116 valence electrons. The predicted octanol–water partition coefficient (Wildman–Crippen LogP) is 2.54. The standard InChI is InChI=1S/C16H23FN2O2/c1-3-18-11(2)14-10-12(17)4-7-15(14)21-9-8-16(20)19-13-5-6-13/h4,7,10-11,13,18H,3,5-6,8-9H2,1-2H3,(H,19,20). The molecular formula is C16H23FN2O2. The molecule has 1 amide bonds. The van der Waals surface area contributed by atoms with Gasteiger partial charge in [-0.2, -0.15) is 0 Å². The number of nitrogens with one attached hydrogen (secondary N) is 2. The van der Waals surface area contributed by atoms with E-state index >= 15 is 0 Å². The summed E-state index contributed by atoms with van der Waals surface area (Å²) < 4.78 is 19.1. The zero-order valence-corrected chi connectivity index (χ0v) is 12.6. The van der Waals surface area contributed by atoms with Gasteiger partial charge in [-0.3, -0.25) is 4.79 Å².